The van der Waals surface area contributed by atoms with Crippen LogP contribution in [-0.2, 0) is 21.1 Å². The van der Waals surface area contributed by atoms with Gasteiger partial charge in [-0.05, 0) is 123 Å². The van der Waals surface area contributed by atoms with Gasteiger partial charge in [-0.25, -0.2) is 4.98 Å². The molecule has 9 aromatic rings. The van der Waals surface area contributed by atoms with Gasteiger partial charge in [0.1, 0.15) is 11.6 Å². The zero-order chi connectivity index (χ0) is 50.7. The van der Waals surface area contributed by atoms with Crippen LogP contribution >= 0.6 is 0 Å². The summed E-state index contributed by atoms with van der Waals surface area (Å²) in [4.78, 5) is 10.4. The Morgan fingerprint density at radius 3 is 1.91 bits per heavy atom. The largest absolute Gasteiger partial charge is 0.507 e. The predicted molar refractivity (Wildman–Crippen MR) is 278 cm³/mol. The van der Waals surface area contributed by atoms with E-state index in [9.17, 15) is 5.11 Å². The maximum atomic E-state index is 12.3. The molecule has 1 N–H and O–H groups in total. The molecule has 2 aromatic heterocycles. The van der Waals surface area contributed by atoms with E-state index in [2.05, 4.69) is 101 Å². The molecular formula is C62H60N3OPt-. The van der Waals surface area contributed by atoms with Crippen molar-refractivity contribution >= 4 is 11.0 Å². The van der Waals surface area contributed by atoms with Crippen molar-refractivity contribution in [2.24, 2.45) is 0 Å². The molecular weight excluding hydrogens is 998 g/mol. The Kier molecular flexibility index (Phi) is 11.9. The monoisotopic (exact) mass is 1060 g/mol. The first-order valence-corrected chi connectivity index (χ1v) is 22.9. The van der Waals surface area contributed by atoms with Crippen LogP contribution < -0.4 is 0 Å². The Bertz CT molecular complexity index is 3420. The van der Waals surface area contributed by atoms with Crippen LogP contribution in [0.3, 0.4) is 0 Å². The van der Waals surface area contributed by atoms with E-state index in [1.807, 2.05) is 117 Å². The number of hydrogen-bond donors (Lipinski definition) is 1. The number of aromatic hydroxyl groups is 1. The number of pyridine rings is 1. The molecule has 0 radical (unpaired) electrons. The smallest absolute Gasteiger partial charge is 0.148 e. The molecule has 0 fully saturated rings. The first-order valence-electron chi connectivity index (χ1n) is 25.4. The summed E-state index contributed by atoms with van der Waals surface area (Å²) in [5.74, 6) is -1.34. The number of hydrogen-bond acceptors (Lipinski definition) is 3. The van der Waals surface area contributed by atoms with E-state index in [1.165, 1.54) is 5.56 Å². The summed E-state index contributed by atoms with van der Waals surface area (Å²) < 4.78 is 47.1. The number of para-hydroxylation sites is 1. The van der Waals surface area contributed by atoms with Crippen molar-refractivity contribution in [3.05, 3.63) is 191 Å². The minimum absolute atomic E-state index is 0. The fourth-order valence-corrected chi connectivity index (χ4v) is 8.80. The Morgan fingerprint density at radius 2 is 1.24 bits per heavy atom. The molecule has 4 nitrogen and oxygen atoms in total. The fraction of sp³-hybridized carbons (Fsp3) is 0.226. The van der Waals surface area contributed by atoms with E-state index >= 15 is 0 Å². The van der Waals surface area contributed by atoms with Gasteiger partial charge in [-0.2, -0.15) is 0 Å². The number of imidazole rings is 1. The van der Waals surface area contributed by atoms with E-state index in [0.29, 0.717) is 33.7 Å². The summed E-state index contributed by atoms with van der Waals surface area (Å²) in [7, 11) is 0. The van der Waals surface area contributed by atoms with E-state index in [0.717, 1.165) is 72.5 Å². The molecule has 7 aromatic carbocycles. The molecule has 0 spiro atoms. The molecule has 0 saturated carbocycles. The molecule has 0 aliphatic rings. The van der Waals surface area contributed by atoms with Crippen molar-refractivity contribution in [1.29, 1.82) is 0 Å². The topological polar surface area (TPSA) is 50.9 Å². The molecule has 340 valence electrons. The quantitative estimate of drug-likeness (QED) is 0.131. The van der Waals surface area contributed by atoms with Crippen LogP contribution in [0.5, 0.6) is 5.75 Å². The fourth-order valence-electron chi connectivity index (χ4n) is 8.80. The van der Waals surface area contributed by atoms with Crippen molar-refractivity contribution in [3.8, 4) is 78.6 Å². The first kappa shape index (κ1) is 40.9. The number of fused-ring (bicyclic) bond motifs is 1. The van der Waals surface area contributed by atoms with Gasteiger partial charge in [0.05, 0.1) is 22.3 Å². The summed E-state index contributed by atoms with van der Waals surface area (Å²) in [5, 5.41) is 12.3. The number of rotatable bonds is 11. The molecule has 0 aliphatic heterocycles. The normalized spacial score (nSPS) is 13.2. The number of phenolic OH excluding ortho intramolecular Hbond substituents is 1. The third-order valence-corrected chi connectivity index (χ3v) is 12.7. The van der Waals surface area contributed by atoms with Gasteiger partial charge in [0, 0.05) is 39.8 Å². The third kappa shape index (κ3) is 9.47. The first-order chi connectivity index (χ1) is 33.5. The molecule has 2 heterocycles. The second-order valence-corrected chi connectivity index (χ2v) is 18.6. The number of aromatic nitrogens is 3. The number of phenols is 1. The van der Waals surface area contributed by atoms with Crippen LogP contribution in [0.2, 0.25) is 0 Å². The van der Waals surface area contributed by atoms with Crippen LogP contribution in [0.25, 0.3) is 83.9 Å². The van der Waals surface area contributed by atoms with Gasteiger partial charge in [0.15, 0.2) is 0 Å². The zero-order valence-corrected chi connectivity index (χ0v) is 42.0. The summed E-state index contributed by atoms with van der Waals surface area (Å²) in [6, 6.07) is 52.0. The van der Waals surface area contributed by atoms with Gasteiger partial charge in [0.2, 0.25) is 0 Å². The van der Waals surface area contributed by atoms with Crippen molar-refractivity contribution in [2.75, 3.05) is 0 Å². The molecule has 9 rings (SSSR count). The van der Waals surface area contributed by atoms with Crippen LogP contribution in [0.15, 0.2) is 152 Å². The third-order valence-electron chi connectivity index (χ3n) is 12.7. The summed E-state index contributed by atoms with van der Waals surface area (Å²) in [6.45, 7) is 15.1. The number of nitrogens with zero attached hydrogens (tertiary/aromatic N) is 3. The maximum Gasteiger partial charge on any atom is 0.148 e. The van der Waals surface area contributed by atoms with Crippen molar-refractivity contribution < 1.29 is 33.0 Å². The average Bonchev–Trinajstić information content (AvgIpc) is 3.72. The molecule has 67 heavy (non-hydrogen) atoms. The minimum atomic E-state index is -2.60. The van der Waals surface area contributed by atoms with Crippen LogP contribution in [0.1, 0.15) is 119 Å². The second-order valence-electron chi connectivity index (χ2n) is 18.6. The van der Waals surface area contributed by atoms with Crippen molar-refractivity contribution in [2.45, 2.75) is 92.8 Å². The zero-order valence-electron chi connectivity index (χ0n) is 44.7. The molecule has 0 unspecified atom stereocenters. The van der Waals surface area contributed by atoms with Gasteiger partial charge in [-0.15, -0.1) is 23.8 Å². The summed E-state index contributed by atoms with van der Waals surface area (Å²) >= 11 is 0. The molecule has 0 saturated heterocycles. The van der Waals surface area contributed by atoms with Gasteiger partial charge < -0.3 is 5.11 Å². The SMILES string of the molecule is [2H]C([2H])([2H])c1cc(-c2cc(C([2H])(C)C)cc(C([2H])(C)C)c2)ccc1-n1c(-c2cc(C(C)C)cc(C(C)C)c2O)nc2c(-c3[c-]c(-c4cc(-c5ccc(C)cc5)ccn4)cc(-c4ccccc4)c3)cccc21.[Pt]. The standard InChI is InChI=1S/C62H60N3O.Pt/c1-37(2)47-28-48(38(3)4)30-51(29-47)45-23-24-58(42(10)27-45)65-59-18-14-17-54(60(59)64-62(65)56-35-49(39(5)6)34-55(40(7)8)61(56)66)52-31-50(43-15-12-11-13-16-43)32-53(33-52)57-36-46(25-26-63-57)44-21-19-41(9)20-22-44;/h11-32,34-40,66H,1-10H3;/q-1;/i10D3,37D,38D;. The Balaban J connectivity index is 0.00000693. The molecule has 0 amide bonds. The Labute approximate surface area is 419 Å². The Hall–Kier alpha value is -6.35. The van der Waals surface area contributed by atoms with Crippen molar-refractivity contribution in [1.82, 2.24) is 14.5 Å². The molecule has 5 heteroatoms. The molecule has 0 atom stereocenters. The van der Waals surface area contributed by atoms with Gasteiger partial charge in [-0.1, -0.05) is 181 Å². The van der Waals surface area contributed by atoms with Gasteiger partial charge >= 0.3 is 0 Å². The van der Waals surface area contributed by atoms with Crippen LogP contribution in [0.4, 0.5) is 0 Å². The van der Waals surface area contributed by atoms with Gasteiger partial charge in [0.25, 0.3) is 0 Å². The maximum absolute atomic E-state index is 12.3. The molecule has 0 aliphatic carbocycles. The summed E-state index contributed by atoms with van der Waals surface area (Å²) in [5.41, 5.74) is 15.2. The van der Waals surface area contributed by atoms with Crippen molar-refractivity contribution in [3.63, 3.8) is 0 Å². The number of aryl methyl sites for hydroxylation is 2. The van der Waals surface area contributed by atoms with E-state index < -0.39 is 18.6 Å². The average molecular weight is 1060 g/mol. The minimum Gasteiger partial charge on any atom is -0.507 e. The molecule has 0 bridgehead atoms. The van der Waals surface area contributed by atoms with Crippen LogP contribution in [0, 0.1) is 19.8 Å². The summed E-state index contributed by atoms with van der Waals surface area (Å²) in [6.07, 6.45) is 1.83. The Morgan fingerprint density at radius 1 is 0.582 bits per heavy atom. The van der Waals surface area contributed by atoms with E-state index in [1.54, 1.807) is 6.07 Å². The predicted octanol–water partition coefficient (Wildman–Crippen LogP) is 17.0. The van der Waals surface area contributed by atoms with Gasteiger partial charge in [-0.3, -0.25) is 9.55 Å². The van der Waals surface area contributed by atoms with E-state index in [4.69, 9.17) is 16.8 Å². The second kappa shape index (κ2) is 19.5. The van der Waals surface area contributed by atoms with Crippen LogP contribution in [-0.4, -0.2) is 19.6 Å². The number of benzene rings is 7. The van der Waals surface area contributed by atoms with E-state index in [-0.39, 0.29) is 44.2 Å².